The summed E-state index contributed by atoms with van der Waals surface area (Å²) < 4.78 is 7.87. The van der Waals surface area contributed by atoms with Crippen molar-refractivity contribution < 1.29 is 14.3 Å². The first-order chi connectivity index (χ1) is 14.3. The molecule has 152 valence electrons. The van der Waals surface area contributed by atoms with E-state index in [4.69, 9.17) is 4.42 Å². The average Bonchev–Trinajstić information content (AvgIpc) is 3.22. The molecule has 30 heavy (non-hydrogen) atoms. The molecule has 4 rings (SSSR count). The van der Waals surface area contributed by atoms with Crippen molar-refractivity contribution in [1.29, 1.82) is 0 Å². The molecule has 1 N–H and O–H groups in total. The van der Waals surface area contributed by atoms with Crippen LogP contribution in [-0.4, -0.2) is 20.6 Å². The highest BCUT2D eigenvalue weighted by molar-refractivity contribution is 8.03. The molecule has 0 saturated carbocycles. The van der Waals surface area contributed by atoms with Gasteiger partial charge in [0.2, 0.25) is 0 Å². The van der Waals surface area contributed by atoms with E-state index in [0.717, 1.165) is 34.4 Å². The number of fused-ring (bicyclic) bond motifs is 1. The van der Waals surface area contributed by atoms with Gasteiger partial charge in [-0.05, 0) is 80.4 Å². The van der Waals surface area contributed by atoms with E-state index in [1.54, 1.807) is 6.08 Å². The van der Waals surface area contributed by atoms with E-state index in [1.165, 1.54) is 11.1 Å². The number of aromatic nitrogens is 2. The number of carbonyl (C=O) groups is 1. The minimum Gasteiger partial charge on any atom is -0.477 e. The number of nitrogens with zero attached hydrogens (tertiary/aromatic N) is 2. The highest BCUT2D eigenvalue weighted by Crippen LogP contribution is 2.33. The van der Waals surface area contributed by atoms with Gasteiger partial charge in [0.15, 0.2) is 5.58 Å². The van der Waals surface area contributed by atoms with Crippen molar-refractivity contribution in [1.82, 2.24) is 9.55 Å². The molecule has 0 aliphatic heterocycles. The number of thioether (sulfide) groups is 1. The Morgan fingerprint density at radius 1 is 1.07 bits per heavy atom. The SMILES string of the molecule is Cc1cccc(C)c1-n1c(C)cc(/C=C(\Sc2nc3ccccc3o2)C(=O)O)c1C. The molecule has 0 bridgehead atoms. The zero-order chi connectivity index (χ0) is 21.4. The highest BCUT2D eigenvalue weighted by atomic mass is 32.2. The Hall–Kier alpha value is -3.25. The van der Waals surface area contributed by atoms with Crippen molar-refractivity contribution in [3.63, 3.8) is 0 Å². The van der Waals surface area contributed by atoms with Gasteiger partial charge in [0.1, 0.15) is 10.4 Å². The second kappa shape index (κ2) is 7.88. The molecule has 2 heterocycles. The van der Waals surface area contributed by atoms with Gasteiger partial charge in [0.05, 0.1) is 5.69 Å². The summed E-state index contributed by atoms with van der Waals surface area (Å²) in [5.74, 6) is -1.01. The maximum atomic E-state index is 11.9. The molecule has 4 aromatic rings. The number of para-hydroxylation sites is 3. The molecule has 0 aliphatic rings. The number of carboxylic acid groups (broad SMARTS) is 1. The summed E-state index contributed by atoms with van der Waals surface area (Å²) in [4.78, 5) is 16.5. The molecule has 0 aliphatic carbocycles. The van der Waals surface area contributed by atoms with Gasteiger partial charge in [-0.2, -0.15) is 0 Å². The first kappa shape index (κ1) is 20.0. The number of benzene rings is 2. The third-order valence-corrected chi connectivity index (χ3v) is 5.96. The number of aryl methyl sites for hydroxylation is 3. The third kappa shape index (κ3) is 3.66. The Labute approximate surface area is 179 Å². The Balaban J connectivity index is 1.76. The largest absolute Gasteiger partial charge is 0.477 e. The lowest BCUT2D eigenvalue weighted by Crippen LogP contribution is -2.04. The highest BCUT2D eigenvalue weighted by Gasteiger charge is 2.18. The fourth-order valence-electron chi connectivity index (χ4n) is 3.70. The molecule has 0 saturated heterocycles. The summed E-state index contributed by atoms with van der Waals surface area (Å²) in [5.41, 5.74) is 7.72. The number of hydrogen-bond donors (Lipinski definition) is 1. The van der Waals surface area contributed by atoms with Crippen molar-refractivity contribution in [2.45, 2.75) is 32.9 Å². The number of oxazole rings is 1. The Morgan fingerprint density at radius 2 is 1.77 bits per heavy atom. The molecule has 0 atom stereocenters. The molecule has 0 amide bonds. The predicted octanol–water partition coefficient (Wildman–Crippen LogP) is 6.07. The molecule has 0 unspecified atom stereocenters. The average molecular weight is 419 g/mol. The Morgan fingerprint density at radius 3 is 2.43 bits per heavy atom. The van der Waals surface area contributed by atoms with Gasteiger partial charge in [0, 0.05) is 11.4 Å². The molecule has 6 heteroatoms. The van der Waals surface area contributed by atoms with Crippen LogP contribution in [0.15, 0.2) is 63.1 Å². The van der Waals surface area contributed by atoms with E-state index in [-0.39, 0.29) is 4.91 Å². The van der Waals surface area contributed by atoms with Gasteiger partial charge in [-0.1, -0.05) is 30.3 Å². The van der Waals surface area contributed by atoms with E-state index in [2.05, 4.69) is 35.5 Å². The van der Waals surface area contributed by atoms with Gasteiger partial charge in [-0.25, -0.2) is 9.78 Å². The lowest BCUT2D eigenvalue weighted by Gasteiger charge is -2.15. The summed E-state index contributed by atoms with van der Waals surface area (Å²) >= 11 is 1.02. The fraction of sp³-hybridized carbons (Fsp3) is 0.167. The molecule has 2 aromatic heterocycles. The monoisotopic (exact) mass is 418 g/mol. The summed E-state index contributed by atoms with van der Waals surface area (Å²) in [6, 6.07) is 15.6. The van der Waals surface area contributed by atoms with Gasteiger partial charge in [0.25, 0.3) is 5.22 Å². The number of hydrogen-bond acceptors (Lipinski definition) is 4. The van der Waals surface area contributed by atoms with Crippen LogP contribution in [0.4, 0.5) is 0 Å². The zero-order valence-electron chi connectivity index (χ0n) is 17.3. The van der Waals surface area contributed by atoms with Crippen molar-refractivity contribution in [2.75, 3.05) is 0 Å². The van der Waals surface area contributed by atoms with Crippen LogP contribution < -0.4 is 0 Å². The minimum atomic E-state index is -1.01. The van der Waals surface area contributed by atoms with Crippen LogP contribution in [0.3, 0.4) is 0 Å². The summed E-state index contributed by atoms with van der Waals surface area (Å²) in [5, 5.41) is 10.1. The van der Waals surface area contributed by atoms with Gasteiger partial charge >= 0.3 is 5.97 Å². The molecule has 2 aromatic carbocycles. The van der Waals surface area contributed by atoms with Crippen LogP contribution in [0.2, 0.25) is 0 Å². The van der Waals surface area contributed by atoms with E-state index < -0.39 is 5.97 Å². The van der Waals surface area contributed by atoms with Crippen LogP contribution in [0.25, 0.3) is 22.9 Å². The topological polar surface area (TPSA) is 68.3 Å². The molecule has 0 radical (unpaired) electrons. The smallest absolute Gasteiger partial charge is 0.342 e. The zero-order valence-corrected chi connectivity index (χ0v) is 18.1. The van der Waals surface area contributed by atoms with Crippen molar-refractivity contribution in [2.24, 2.45) is 0 Å². The molecule has 5 nitrogen and oxygen atoms in total. The standard InChI is InChI=1S/C24H22N2O3S/c1-14-8-7-9-15(2)22(14)26-16(3)12-18(17(26)4)13-21(23(27)28)30-24-25-19-10-5-6-11-20(19)29-24/h5-13H,1-4H3,(H,27,28)/b21-13-. The van der Waals surface area contributed by atoms with Crippen LogP contribution in [0, 0.1) is 27.7 Å². The predicted molar refractivity (Wildman–Crippen MR) is 120 cm³/mol. The summed E-state index contributed by atoms with van der Waals surface area (Å²) in [6.07, 6.45) is 1.69. The van der Waals surface area contributed by atoms with Crippen LogP contribution in [0.1, 0.15) is 28.1 Å². The quantitative estimate of drug-likeness (QED) is 0.315. The second-order valence-corrected chi connectivity index (χ2v) is 8.26. The number of carboxylic acids is 1. The molecule has 0 fully saturated rings. The Kier molecular flexibility index (Phi) is 5.26. The fourth-order valence-corrected chi connectivity index (χ4v) is 4.44. The first-order valence-corrected chi connectivity index (χ1v) is 10.4. The number of aliphatic carboxylic acids is 1. The van der Waals surface area contributed by atoms with Crippen LogP contribution in [0.5, 0.6) is 0 Å². The van der Waals surface area contributed by atoms with Gasteiger partial charge in [-0.15, -0.1) is 0 Å². The Bertz CT molecular complexity index is 1240. The molecule has 0 spiro atoms. The normalized spacial score (nSPS) is 11.9. The first-order valence-electron chi connectivity index (χ1n) is 9.59. The van der Waals surface area contributed by atoms with Crippen LogP contribution in [-0.2, 0) is 4.79 Å². The lowest BCUT2D eigenvalue weighted by molar-refractivity contribution is -0.131. The van der Waals surface area contributed by atoms with E-state index >= 15 is 0 Å². The van der Waals surface area contributed by atoms with Crippen molar-refractivity contribution in [3.8, 4) is 5.69 Å². The molecular weight excluding hydrogens is 396 g/mol. The third-order valence-electron chi connectivity index (χ3n) is 5.10. The van der Waals surface area contributed by atoms with E-state index in [9.17, 15) is 9.90 Å². The minimum absolute atomic E-state index is 0.156. The van der Waals surface area contributed by atoms with E-state index in [1.807, 2.05) is 50.2 Å². The van der Waals surface area contributed by atoms with Gasteiger partial charge < -0.3 is 14.1 Å². The second-order valence-electron chi connectivity index (χ2n) is 7.27. The van der Waals surface area contributed by atoms with E-state index in [0.29, 0.717) is 16.3 Å². The lowest BCUT2D eigenvalue weighted by atomic mass is 10.1. The van der Waals surface area contributed by atoms with Crippen molar-refractivity contribution >= 4 is 34.9 Å². The summed E-state index contributed by atoms with van der Waals surface area (Å²) in [6.45, 7) is 8.21. The maximum Gasteiger partial charge on any atom is 0.342 e. The summed E-state index contributed by atoms with van der Waals surface area (Å²) in [7, 11) is 0. The van der Waals surface area contributed by atoms with Crippen LogP contribution >= 0.6 is 11.8 Å². The number of rotatable bonds is 5. The van der Waals surface area contributed by atoms with Gasteiger partial charge in [-0.3, -0.25) is 0 Å². The molecular formula is C24H22N2O3S. The maximum absolute atomic E-state index is 11.9. The van der Waals surface area contributed by atoms with Crippen molar-refractivity contribution in [3.05, 3.63) is 81.5 Å².